The number of likely N-dealkylation sites (tertiary alicyclic amines) is 1. The molecule has 0 N–H and O–H groups in total. The maximum absolute atomic E-state index is 12.7. The van der Waals surface area contributed by atoms with E-state index in [9.17, 15) is 9.59 Å². The van der Waals surface area contributed by atoms with E-state index >= 15 is 0 Å². The molecule has 2 saturated heterocycles. The number of aromatic nitrogens is 2. The van der Waals surface area contributed by atoms with Gasteiger partial charge in [0, 0.05) is 57.1 Å². The Morgan fingerprint density at radius 2 is 2.04 bits per heavy atom. The highest BCUT2D eigenvalue weighted by Crippen LogP contribution is 2.30. The fourth-order valence-corrected chi connectivity index (χ4v) is 3.69. The molecule has 4 rings (SSSR count). The quantitative estimate of drug-likeness (QED) is 0.821. The minimum atomic E-state index is -0.182. The molecule has 0 bridgehead atoms. The van der Waals surface area contributed by atoms with Crippen LogP contribution in [0.3, 0.4) is 0 Å². The van der Waals surface area contributed by atoms with E-state index in [-0.39, 0.29) is 17.6 Å². The molecule has 7 nitrogen and oxygen atoms in total. The summed E-state index contributed by atoms with van der Waals surface area (Å²) < 4.78 is 7.67. The van der Waals surface area contributed by atoms with Crippen LogP contribution in [0.2, 0.25) is 0 Å². The normalized spacial score (nSPS) is 19.5. The van der Waals surface area contributed by atoms with Gasteiger partial charge in [-0.25, -0.2) is 4.98 Å². The Morgan fingerprint density at radius 3 is 2.81 bits per heavy atom. The van der Waals surface area contributed by atoms with Gasteiger partial charge in [0.1, 0.15) is 6.10 Å². The smallest absolute Gasteiger partial charge is 0.254 e. The number of ether oxygens (including phenoxy) is 1. The van der Waals surface area contributed by atoms with Gasteiger partial charge in [-0.15, -0.1) is 0 Å². The lowest BCUT2D eigenvalue weighted by molar-refractivity contribution is 0.0772. The van der Waals surface area contributed by atoms with Crippen molar-refractivity contribution in [2.75, 3.05) is 31.1 Å². The van der Waals surface area contributed by atoms with E-state index in [0.29, 0.717) is 18.7 Å². The van der Waals surface area contributed by atoms with Gasteiger partial charge in [0.25, 0.3) is 11.5 Å². The first kappa shape index (κ1) is 17.6. The monoisotopic (exact) mass is 368 g/mol. The average Bonchev–Trinajstić information content (AvgIpc) is 3.36. The van der Waals surface area contributed by atoms with Crippen molar-refractivity contribution in [1.82, 2.24) is 14.5 Å². The number of hydrogen-bond acceptors (Lipinski definition) is 5. The summed E-state index contributed by atoms with van der Waals surface area (Å²) in [7, 11) is 1.67. The van der Waals surface area contributed by atoms with Gasteiger partial charge in [-0.2, -0.15) is 0 Å². The second-order valence-corrected chi connectivity index (χ2v) is 7.16. The fourth-order valence-electron chi connectivity index (χ4n) is 3.69. The highest BCUT2D eigenvalue weighted by molar-refractivity contribution is 5.94. The van der Waals surface area contributed by atoms with Crippen molar-refractivity contribution >= 4 is 11.7 Å². The van der Waals surface area contributed by atoms with Gasteiger partial charge in [0.15, 0.2) is 11.6 Å². The van der Waals surface area contributed by atoms with Crippen LogP contribution < -0.4 is 15.2 Å². The van der Waals surface area contributed by atoms with Crippen molar-refractivity contribution < 1.29 is 9.53 Å². The summed E-state index contributed by atoms with van der Waals surface area (Å²) in [5.74, 6) is 1.56. The lowest BCUT2D eigenvalue weighted by Crippen LogP contribution is -2.32. The number of carbonyl (C=O) groups excluding carboxylic acids is 1. The van der Waals surface area contributed by atoms with E-state index in [0.717, 1.165) is 31.1 Å². The summed E-state index contributed by atoms with van der Waals surface area (Å²) in [5, 5.41) is 0. The molecule has 27 heavy (non-hydrogen) atoms. The molecule has 0 aromatic carbocycles. The third kappa shape index (κ3) is 3.67. The molecule has 0 aliphatic carbocycles. The van der Waals surface area contributed by atoms with Gasteiger partial charge < -0.3 is 19.1 Å². The van der Waals surface area contributed by atoms with Crippen LogP contribution in [-0.4, -0.2) is 52.6 Å². The Kier molecular flexibility index (Phi) is 4.83. The molecule has 7 heteroatoms. The van der Waals surface area contributed by atoms with Gasteiger partial charge in [-0.3, -0.25) is 9.59 Å². The first-order valence-electron chi connectivity index (χ1n) is 9.44. The van der Waals surface area contributed by atoms with Gasteiger partial charge in [-0.1, -0.05) is 0 Å². The van der Waals surface area contributed by atoms with Crippen molar-refractivity contribution in [3.63, 3.8) is 0 Å². The van der Waals surface area contributed by atoms with Crippen LogP contribution in [0.15, 0.2) is 41.5 Å². The molecule has 2 aromatic heterocycles. The summed E-state index contributed by atoms with van der Waals surface area (Å²) in [6, 6.07) is 6.91. The van der Waals surface area contributed by atoms with Crippen molar-refractivity contribution in [2.24, 2.45) is 7.05 Å². The van der Waals surface area contributed by atoms with E-state index in [1.165, 1.54) is 23.5 Å². The minimum Gasteiger partial charge on any atom is -0.485 e. The lowest BCUT2D eigenvalue weighted by Gasteiger charge is -2.22. The van der Waals surface area contributed by atoms with E-state index in [4.69, 9.17) is 4.74 Å². The molecule has 1 unspecified atom stereocenters. The molecule has 2 fully saturated rings. The molecule has 1 amide bonds. The highest BCUT2D eigenvalue weighted by Gasteiger charge is 2.29. The molecular formula is C20H24N4O3. The van der Waals surface area contributed by atoms with E-state index < -0.39 is 0 Å². The van der Waals surface area contributed by atoms with Gasteiger partial charge in [0.05, 0.1) is 6.54 Å². The number of amides is 1. The van der Waals surface area contributed by atoms with E-state index in [2.05, 4.69) is 9.88 Å². The summed E-state index contributed by atoms with van der Waals surface area (Å²) in [5.41, 5.74) is 0.247. The summed E-state index contributed by atoms with van der Waals surface area (Å²) in [4.78, 5) is 33.0. The van der Waals surface area contributed by atoms with E-state index in [1.54, 1.807) is 30.4 Å². The summed E-state index contributed by atoms with van der Waals surface area (Å²) in [6.07, 6.45) is 6.48. The zero-order valence-corrected chi connectivity index (χ0v) is 15.5. The number of anilines is 1. The maximum Gasteiger partial charge on any atom is 0.254 e. The minimum absolute atomic E-state index is 0.0638. The molecule has 2 aliphatic heterocycles. The second kappa shape index (κ2) is 7.42. The molecule has 2 aromatic rings. The molecule has 4 heterocycles. The van der Waals surface area contributed by atoms with Crippen molar-refractivity contribution in [3.8, 4) is 5.75 Å². The molecule has 0 spiro atoms. The Labute approximate surface area is 158 Å². The van der Waals surface area contributed by atoms with Gasteiger partial charge in [-0.05, 0) is 31.0 Å². The third-order valence-electron chi connectivity index (χ3n) is 5.23. The predicted molar refractivity (Wildman–Crippen MR) is 102 cm³/mol. The van der Waals surface area contributed by atoms with E-state index in [1.807, 2.05) is 12.1 Å². The number of nitrogens with zero attached hydrogens (tertiary/aromatic N) is 4. The van der Waals surface area contributed by atoms with Gasteiger partial charge in [0.2, 0.25) is 0 Å². The summed E-state index contributed by atoms with van der Waals surface area (Å²) in [6.45, 7) is 3.15. The molecule has 142 valence electrons. The predicted octanol–water partition coefficient (Wildman–Crippen LogP) is 1.67. The molecular weight excluding hydrogens is 344 g/mol. The van der Waals surface area contributed by atoms with Crippen molar-refractivity contribution in [1.29, 1.82) is 0 Å². The van der Waals surface area contributed by atoms with Crippen molar-refractivity contribution in [3.05, 3.63) is 52.6 Å². The maximum atomic E-state index is 12.7. The number of aryl methyl sites for hydroxylation is 1. The van der Waals surface area contributed by atoms with Crippen molar-refractivity contribution in [2.45, 2.75) is 25.4 Å². The summed E-state index contributed by atoms with van der Waals surface area (Å²) >= 11 is 0. The Balaban J connectivity index is 1.44. The van der Waals surface area contributed by atoms with Crippen LogP contribution in [0.25, 0.3) is 0 Å². The standard InChI is InChI=1S/C20H24N4O3/c1-22-11-6-15(13-18(22)25)20(26)24-12-7-16(14-24)27-17-5-4-8-21-19(17)23-9-2-3-10-23/h4-6,8,11,13,16H,2-3,7,9-10,12,14H2,1H3. The van der Waals surface area contributed by atoms with Crippen LogP contribution in [0, 0.1) is 0 Å². The SMILES string of the molecule is Cn1ccc(C(=O)N2CCC(Oc3cccnc3N3CCCC3)C2)cc1=O. The van der Waals surface area contributed by atoms with Crippen LogP contribution in [0.5, 0.6) is 5.75 Å². The number of rotatable bonds is 4. The molecule has 1 atom stereocenters. The number of pyridine rings is 2. The van der Waals surface area contributed by atoms with Crippen LogP contribution in [0.1, 0.15) is 29.6 Å². The third-order valence-corrected chi connectivity index (χ3v) is 5.23. The van der Waals surface area contributed by atoms with Crippen LogP contribution in [-0.2, 0) is 7.05 Å². The zero-order chi connectivity index (χ0) is 18.8. The zero-order valence-electron chi connectivity index (χ0n) is 15.5. The Hall–Kier alpha value is -2.83. The molecule has 2 aliphatic rings. The lowest BCUT2D eigenvalue weighted by atomic mass is 10.2. The molecule has 0 saturated carbocycles. The second-order valence-electron chi connectivity index (χ2n) is 7.16. The Morgan fingerprint density at radius 1 is 1.22 bits per heavy atom. The first-order chi connectivity index (χ1) is 13.1. The Bertz CT molecular complexity index is 889. The molecule has 0 radical (unpaired) electrons. The first-order valence-corrected chi connectivity index (χ1v) is 9.44. The topological polar surface area (TPSA) is 67.7 Å². The van der Waals surface area contributed by atoms with Crippen LogP contribution in [0.4, 0.5) is 5.82 Å². The van der Waals surface area contributed by atoms with Gasteiger partial charge >= 0.3 is 0 Å². The van der Waals surface area contributed by atoms with Crippen LogP contribution >= 0.6 is 0 Å². The average molecular weight is 368 g/mol. The number of hydrogen-bond donors (Lipinski definition) is 0. The largest absolute Gasteiger partial charge is 0.485 e. The number of carbonyl (C=O) groups is 1. The fraction of sp³-hybridized carbons (Fsp3) is 0.450. The highest BCUT2D eigenvalue weighted by atomic mass is 16.5.